The van der Waals surface area contributed by atoms with Crippen molar-refractivity contribution in [1.82, 2.24) is 0 Å². The molecule has 0 N–H and O–H groups in total. The van der Waals surface area contributed by atoms with Gasteiger partial charge in [-0.3, -0.25) is 0 Å². The monoisotopic (exact) mass is 868 g/mol. The minimum absolute atomic E-state index is 0.122. The van der Waals surface area contributed by atoms with E-state index in [9.17, 15) is 13.2 Å². The molecule has 2 aliphatic rings. The first-order valence-electron chi connectivity index (χ1n) is 20.9. The second-order valence-electron chi connectivity index (χ2n) is 18.3. The number of alkyl halides is 3. The van der Waals surface area contributed by atoms with Gasteiger partial charge < -0.3 is 0 Å². The molecule has 0 aromatic heterocycles. The van der Waals surface area contributed by atoms with Crippen LogP contribution in [0.15, 0.2) is 167 Å². The zero-order valence-corrected chi connectivity index (χ0v) is 37.6. The van der Waals surface area contributed by atoms with Crippen LogP contribution in [0.25, 0.3) is 44.2 Å². The van der Waals surface area contributed by atoms with Gasteiger partial charge in [0.2, 0.25) is 0 Å². The Kier molecular flexibility index (Phi) is 10.3. The van der Waals surface area contributed by atoms with Gasteiger partial charge in [-0.15, -0.1) is 0 Å². The standard InChI is InChI=1S/C33H33.C18H11F3.C5H5.Zr/c1-32(2,3)30-20-26-24(18-28(30)22-13-9-7-10-14-22)17-25-19-29(23-15-11-8-12-16-23)31(21-27(25)26)33(4,5)6;19-18(20,21)16-9-3-5-13(12-16)11-15-8-4-7-14-6-1-2-10-17(14)15;1-2-4-5-3-1;/h7-16,18,20-21H,17H2,1-6H3;1-10,12H;1-3H,4H2;. The average Bonchev–Trinajstić information content (AvgIpc) is 3.90. The zero-order valence-electron chi connectivity index (χ0n) is 35.1. The number of allylic oxidation sites excluding steroid dienone is 4. The first-order valence-corrected chi connectivity index (χ1v) is 24.6. The molecule has 0 amide bonds. The summed E-state index contributed by atoms with van der Waals surface area (Å²) in [4.78, 5) is 0. The van der Waals surface area contributed by atoms with Gasteiger partial charge in [0.15, 0.2) is 0 Å². The van der Waals surface area contributed by atoms with Crippen molar-refractivity contribution in [3.8, 4) is 33.4 Å². The van der Waals surface area contributed by atoms with Crippen LogP contribution in [0.1, 0.15) is 86.9 Å². The number of hydrogen-bond acceptors (Lipinski definition) is 0. The Hall–Kier alpha value is -5.18. The Balaban J connectivity index is 1.49. The van der Waals surface area contributed by atoms with Crippen LogP contribution in [0.5, 0.6) is 0 Å². The third-order valence-corrected chi connectivity index (χ3v) is 19.9. The molecule has 0 unspecified atom stereocenters. The van der Waals surface area contributed by atoms with Crippen molar-refractivity contribution >= 4 is 17.2 Å². The fourth-order valence-electron chi connectivity index (χ4n) is 9.44. The molecule has 0 heterocycles. The van der Waals surface area contributed by atoms with Gasteiger partial charge in [-0.05, 0) is 0 Å². The van der Waals surface area contributed by atoms with Crippen molar-refractivity contribution in [2.75, 3.05) is 0 Å². The molecule has 298 valence electrons. The number of rotatable bonds is 6. The van der Waals surface area contributed by atoms with Crippen LogP contribution in [-0.2, 0) is 44.7 Å². The average molecular weight is 870 g/mol. The molecular weight excluding hydrogens is 821 g/mol. The fourth-order valence-corrected chi connectivity index (χ4v) is 17.9. The predicted octanol–water partition coefficient (Wildman–Crippen LogP) is 14.7. The third-order valence-electron chi connectivity index (χ3n) is 12.2. The Morgan fingerprint density at radius 3 is 1.88 bits per heavy atom. The Morgan fingerprint density at radius 1 is 0.583 bits per heavy atom. The van der Waals surface area contributed by atoms with Crippen molar-refractivity contribution in [2.24, 2.45) is 0 Å². The second kappa shape index (κ2) is 15.4. The van der Waals surface area contributed by atoms with Crippen LogP contribution in [0, 0.1) is 0 Å². The van der Waals surface area contributed by atoms with E-state index in [1.54, 1.807) is 6.07 Å². The van der Waals surface area contributed by atoms with Crippen LogP contribution >= 0.6 is 0 Å². The molecule has 0 nitrogen and oxygen atoms in total. The maximum atomic E-state index is 14.8. The van der Waals surface area contributed by atoms with Crippen LogP contribution in [0.3, 0.4) is 0 Å². The van der Waals surface area contributed by atoms with Gasteiger partial charge in [0, 0.05) is 0 Å². The molecular formula is C56H49F3Zr. The third kappa shape index (κ3) is 7.36. The molecule has 60 heavy (non-hydrogen) atoms. The van der Waals surface area contributed by atoms with Gasteiger partial charge in [0.05, 0.1) is 0 Å². The van der Waals surface area contributed by atoms with Crippen molar-refractivity contribution in [2.45, 2.75) is 71.4 Å². The van der Waals surface area contributed by atoms with Gasteiger partial charge in [-0.2, -0.15) is 0 Å². The summed E-state index contributed by atoms with van der Waals surface area (Å²) in [5, 5.41) is 2.14. The summed E-state index contributed by atoms with van der Waals surface area (Å²) in [6, 6.07) is 49.8. The molecule has 0 aliphatic heterocycles. The molecule has 0 radical (unpaired) electrons. The van der Waals surface area contributed by atoms with E-state index < -0.39 is 33.0 Å². The molecule has 0 saturated carbocycles. The topological polar surface area (TPSA) is 0 Å². The van der Waals surface area contributed by atoms with E-state index in [4.69, 9.17) is 0 Å². The second-order valence-corrected chi connectivity index (χ2v) is 24.2. The fraction of sp³-hybridized carbons (Fsp3) is 0.196. The number of halogens is 3. The van der Waals surface area contributed by atoms with E-state index in [2.05, 4.69) is 175 Å². The summed E-state index contributed by atoms with van der Waals surface area (Å²) in [5.41, 5.74) is 13.3. The van der Waals surface area contributed by atoms with E-state index in [0.29, 0.717) is 5.56 Å². The minimum atomic E-state index is -4.48. The molecule has 9 rings (SSSR count). The summed E-state index contributed by atoms with van der Waals surface area (Å²) in [5.74, 6) is 0. The van der Waals surface area contributed by atoms with Crippen LogP contribution in [0.4, 0.5) is 13.2 Å². The Labute approximate surface area is 360 Å². The molecule has 0 atom stereocenters. The van der Waals surface area contributed by atoms with E-state index in [1.807, 2.05) is 12.1 Å². The summed E-state index contributed by atoms with van der Waals surface area (Å²) >= 11 is -3.59. The van der Waals surface area contributed by atoms with Crippen LogP contribution in [-0.4, -0.2) is 3.21 Å². The molecule has 2 aliphatic carbocycles. The van der Waals surface area contributed by atoms with E-state index in [0.717, 1.165) is 37.9 Å². The van der Waals surface area contributed by atoms with Gasteiger partial charge >= 0.3 is 363 Å². The van der Waals surface area contributed by atoms with Gasteiger partial charge in [-0.25, -0.2) is 0 Å². The van der Waals surface area contributed by atoms with Crippen molar-refractivity contribution in [3.05, 3.63) is 206 Å². The van der Waals surface area contributed by atoms with Gasteiger partial charge in [0.25, 0.3) is 0 Å². The van der Waals surface area contributed by atoms with Crippen molar-refractivity contribution in [1.29, 1.82) is 0 Å². The van der Waals surface area contributed by atoms with E-state index >= 15 is 0 Å². The number of hydrogen-bond donors (Lipinski definition) is 0. The summed E-state index contributed by atoms with van der Waals surface area (Å²) in [6.45, 7) is 13.8. The first-order chi connectivity index (χ1) is 28.7. The normalized spacial score (nSPS) is 14.2. The Bertz CT molecular complexity index is 2890. The first kappa shape index (κ1) is 40.2. The van der Waals surface area contributed by atoms with Gasteiger partial charge in [0.1, 0.15) is 0 Å². The number of fused-ring (bicyclic) bond motifs is 4. The molecule has 0 spiro atoms. The van der Waals surface area contributed by atoms with E-state index in [1.165, 1.54) is 68.8 Å². The van der Waals surface area contributed by atoms with Crippen molar-refractivity contribution in [3.63, 3.8) is 0 Å². The van der Waals surface area contributed by atoms with Crippen LogP contribution in [0.2, 0.25) is 0 Å². The molecule has 0 fully saturated rings. The van der Waals surface area contributed by atoms with Crippen LogP contribution < -0.4 is 3.27 Å². The van der Waals surface area contributed by atoms with Crippen molar-refractivity contribution < 1.29 is 34.4 Å². The van der Waals surface area contributed by atoms with E-state index in [-0.39, 0.29) is 10.8 Å². The SMILES string of the molecule is CC(C)(C)c1cc2c(cc1-c1ccccc1)Cc1c-2cc(C(C)(C)C)c(-c2ccccc2)[c]1/[Zr]([C]1=CC=CC1)=[C](\c1cccc(C(F)(F)F)c1)c1cccc2ccccc12. The molecule has 0 saturated heterocycles. The zero-order chi connectivity index (χ0) is 42.0. The summed E-state index contributed by atoms with van der Waals surface area (Å²) < 4.78 is 48.1. The maximum absolute atomic E-state index is 14.8. The summed E-state index contributed by atoms with van der Waals surface area (Å²) in [7, 11) is 0. The quantitative estimate of drug-likeness (QED) is 0.156. The molecule has 7 aromatic rings. The summed E-state index contributed by atoms with van der Waals surface area (Å²) in [6.07, 6.45) is 3.74. The molecule has 4 heteroatoms. The van der Waals surface area contributed by atoms with Gasteiger partial charge in [-0.1, -0.05) is 0 Å². The predicted molar refractivity (Wildman–Crippen MR) is 243 cm³/mol. The Morgan fingerprint density at radius 2 is 1.22 bits per heavy atom. The number of benzene rings is 7. The molecule has 7 aromatic carbocycles. The molecule has 0 bridgehead atoms.